The molecule has 0 aliphatic heterocycles. The van der Waals surface area contributed by atoms with Crippen LogP contribution in [0.1, 0.15) is 34.6 Å². The lowest BCUT2D eigenvalue weighted by atomic mass is 10.2. The van der Waals surface area contributed by atoms with E-state index in [4.69, 9.17) is 9.47 Å². The summed E-state index contributed by atoms with van der Waals surface area (Å²) in [5, 5.41) is 0.282. The minimum Gasteiger partial charge on any atom is -0.466 e. The molecule has 0 N–H and O–H groups in total. The van der Waals surface area contributed by atoms with Gasteiger partial charge in [0.15, 0.2) is 0 Å². The van der Waals surface area contributed by atoms with E-state index in [2.05, 4.69) is 33.5 Å². The van der Waals surface area contributed by atoms with E-state index in [1.165, 1.54) is 0 Å². The van der Waals surface area contributed by atoms with Crippen molar-refractivity contribution in [2.75, 3.05) is 6.61 Å². The van der Waals surface area contributed by atoms with Crippen LogP contribution in [0.2, 0.25) is 18.1 Å². The van der Waals surface area contributed by atoms with Crippen LogP contribution in [0.3, 0.4) is 0 Å². The lowest BCUT2D eigenvalue weighted by molar-refractivity contribution is -0.0469. The molecule has 0 saturated carbocycles. The van der Waals surface area contributed by atoms with Crippen LogP contribution >= 0.6 is 0 Å². The molecule has 0 aromatic carbocycles. The summed E-state index contributed by atoms with van der Waals surface area (Å²) in [6.07, 6.45) is 0. The maximum atomic E-state index is 5.56. The Morgan fingerprint density at radius 2 is 1.60 bits per heavy atom. The maximum Gasteiger partial charge on any atom is 0.272 e. The van der Waals surface area contributed by atoms with Gasteiger partial charge in [-0.2, -0.15) is 0 Å². The van der Waals surface area contributed by atoms with Gasteiger partial charge in [0.25, 0.3) is 5.95 Å². The van der Waals surface area contributed by atoms with E-state index < -0.39 is 8.80 Å². The third kappa shape index (κ3) is 6.61. The van der Waals surface area contributed by atoms with Crippen LogP contribution in [-0.4, -0.2) is 21.0 Å². The zero-order chi connectivity index (χ0) is 12.3. The van der Waals surface area contributed by atoms with Gasteiger partial charge in [-0.15, -0.1) is 0 Å². The molecule has 0 atom stereocenters. The topological polar surface area (TPSA) is 18.5 Å². The lowest BCUT2D eigenvalue weighted by Gasteiger charge is -2.30. The van der Waals surface area contributed by atoms with Gasteiger partial charge in [-0.3, -0.25) is 0 Å². The van der Waals surface area contributed by atoms with Gasteiger partial charge in [0.05, 0.1) is 6.61 Å². The normalized spacial score (nSPS) is 12.8. The average Bonchev–Trinajstić information content (AvgIpc) is 1.97. The predicted molar refractivity (Wildman–Crippen MR) is 68.8 cm³/mol. The largest absolute Gasteiger partial charge is 0.466 e. The summed E-state index contributed by atoms with van der Waals surface area (Å²) in [7, 11) is -0.713. The first-order chi connectivity index (χ1) is 6.54. The van der Waals surface area contributed by atoms with E-state index >= 15 is 0 Å². The monoisotopic (exact) mass is 230 g/mol. The predicted octanol–water partition coefficient (Wildman–Crippen LogP) is 3.56. The molecule has 0 radical (unpaired) electrons. The van der Waals surface area contributed by atoms with E-state index in [9.17, 15) is 0 Å². The van der Waals surface area contributed by atoms with Crippen molar-refractivity contribution in [1.82, 2.24) is 0 Å². The summed E-state index contributed by atoms with van der Waals surface area (Å²) < 4.78 is 11.1. The molecule has 0 aliphatic carbocycles. The Hall–Kier alpha value is -0.443. The summed E-state index contributed by atoms with van der Waals surface area (Å²) >= 11 is 0. The summed E-state index contributed by atoms with van der Waals surface area (Å²) in [5.41, 5.74) is -0.226. The molecule has 0 aliphatic rings. The lowest BCUT2D eigenvalue weighted by Crippen LogP contribution is -2.27. The van der Waals surface area contributed by atoms with Gasteiger partial charge in [-0.1, -0.05) is 26.9 Å². The summed E-state index contributed by atoms with van der Waals surface area (Å²) in [5.74, 6) is 0.435. The Morgan fingerprint density at radius 1 is 1.13 bits per heavy atom. The Bertz CT molecular complexity index is 214. The van der Waals surface area contributed by atoms with Gasteiger partial charge in [-0.25, -0.2) is 0 Å². The Kier molecular flexibility index (Phi) is 4.91. The van der Waals surface area contributed by atoms with Gasteiger partial charge in [0.1, 0.15) is 5.60 Å². The van der Waals surface area contributed by atoms with Crippen molar-refractivity contribution < 1.29 is 9.47 Å². The quantitative estimate of drug-likeness (QED) is 0.531. The van der Waals surface area contributed by atoms with Crippen molar-refractivity contribution in [3.8, 4) is 0 Å². The molecule has 0 aromatic rings. The van der Waals surface area contributed by atoms with Crippen LogP contribution in [0, 0.1) is 0 Å². The van der Waals surface area contributed by atoms with Gasteiger partial charge in [0, 0.05) is 8.80 Å². The first-order valence-electron chi connectivity index (χ1n) is 5.55. The van der Waals surface area contributed by atoms with Crippen molar-refractivity contribution in [2.24, 2.45) is 0 Å². The van der Waals surface area contributed by atoms with Crippen molar-refractivity contribution in [3.05, 3.63) is 12.5 Å². The fraction of sp³-hybridized carbons (Fsp3) is 0.833. The van der Waals surface area contributed by atoms with Crippen LogP contribution < -0.4 is 0 Å². The van der Waals surface area contributed by atoms with Crippen molar-refractivity contribution in [1.29, 1.82) is 0 Å². The SMILES string of the molecule is C=C(OCC(C)(C)[SiH](C)C)OC(C)(C)C. The van der Waals surface area contributed by atoms with Gasteiger partial charge < -0.3 is 9.47 Å². The molecule has 0 spiro atoms. The second-order valence-electron chi connectivity index (χ2n) is 6.02. The third-order valence-electron chi connectivity index (χ3n) is 2.59. The first kappa shape index (κ1) is 14.6. The molecular weight excluding hydrogens is 204 g/mol. The van der Waals surface area contributed by atoms with E-state index in [1.807, 2.05) is 20.8 Å². The van der Waals surface area contributed by atoms with Crippen LogP contribution in [-0.2, 0) is 9.47 Å². The Morgan fingerprint density at radius 3 is 1.93 bits per heavy atom. The fourth-order valence-electron chi connectivity index (χ4n) is 0.804. The zero-order valence-electron chi connectivity index (χ0n) is 11.3. The van der Waals surface area contributed by atoms with E-state index in [0.29, 0.717) is 12.6 Å². The third-order valence-corrected chi connectivity index (χ3v) is 5.88. The maximum absolute atomic E-state index is 5.56. The smallest absolute Gasteiger partial charge is 0.272 e. The van der Waals surface area contributed by atoms with Gasteiger partial charge >= 0.3 is 0 Å². The van der Waals surface area contributed by atoms with Crippen molar-refractivity contribution >= 4 is 8.80 Å². The Labute approximate surface area is 96.3 Å². The molecule has 0 aromatic heterocycles. The van der Waals surface area contributed by atoms with E-state index in [-0.39, 0.29) is 10.6 Å². The first-order valence-corrected chi connectivity index (χ1v) is 8.44. The highest BCUT2D eigenvalue weighted by Crippen LogP contribution is 2.29. The van der Waals surface area contributed by atoms with Crippen LogP contribution in [0.5, 0.6) is 0 Å². The fourth-order valence-corrected chi connectivity index (χ4v) is 1.22. The van der Waals surface area contributed by atoms with E-state index in [0.717, 1.165) is 0 Å². The molecule has 0 unspecified atom stereocenters. The highest BCUT2D eigenvalue weighted by Gasteiger charge is 2.25. The van der Waals surface area contributed by atoms with Crippen molar-refractivity contribution in [2.45, 2.75) is 58.4 Å². The molecule has 15 heavy (non-hydrogen) atoms. The summed E-state index contributed by atoms with van der Waals surface area (Å²) in [4.78, 5) is 0. The van der Waals surface area contributed by atoms with Crippen molar-refractivity contribution in [3.63, 3.8) is 0 Å². The second-order valence-corrected chi connectivity index (χ2v) is 9.89. The molecule has 0 rings (SSSR count). The molecule has 0 bridgehead atoms. The highest BCUT2D eigenvalue weighted by molar-refractivity contribution is 6.59. The van der Waals surface area contributed by atoms with Gasteiger partial charge in [0.2, 0.25) is 0 Å². The molecule has 3 heteroatoms. The second kappa shape index (κ2) is 5.06. The minimum atomic E-state index is -0.713. The molecule has 2 nitrogen and oxygen atoms in total. The molecule has 90 valence electrons. The standard InChI is InChI=1S/C12H26O2Si/c1-10(14-11(2,3)4)13-9-12(5,6)15(7)8/h15H,1,9H2,2-8H3. The average molecular weight is 230 g/mol. The summed E-state index contributed by atoms with van der Waals surface area (Å²) in [6.45, 7) is 19.6. The molecule has 0 fully saturated rings. The highest BCUT2D eigenvalue weighted by atomic mass is 28.3. The number of ether oxygens (including phenoxy) is 2. The molecule has 0 amide bonds. The number of hydrogen-bond donors (Lipinski definition) is 0. The number of rotatable bonds is 5. The van der Waals surface area contributed by atoms with Crippen LogP contribution in [0.25, 0.3) is 0 Å². The zero-order valence-corrected chi connectivity index (χ0v) is 12.5. The van der Waals surface area contributed by atoms with E-state index in [1.54, 1.807) is 0 Å². The number of hydrogen-bond acceptors (Lipinski definition) is 2. The molecule has 0 saturated heterocycles. The van der Waals surface area contributed by atoms with Gasteiger partial charge in [-0.05, 0) is 32.4 Å². The van der Waals surface area contributed by atoms with Crippen LogP contribution in [0.4, 0.5) is 0 Å². The minimum absolute atomic E-state index is 0.226. The Balaban J connectivity index is 4.02. The molecular formula is C12H26O2Si. The summed E-state index contributed by atoms with van der Waals surface area (Å²) in [6, 6.07) is 0. The van der Waals surface area contributed by atoms with Crippen LogP contribution in [0.15, 0.2) is 12.5 Å². The molecule has 0 heterocycles.